The average Bonchev–Trinajstić information content (AvgIpc) is 2.39. The smallest absolute Gasteiger partial charge is 0.166 e. The number of carbonyl (C=O) groups excluding carboxylic acids is 1. The van der Waals surface area contributed by atoms with E-state index in [2.05, 4.69) is 0 Å². The molecule has 18 heavy (non-hydrogen) atoms. The molecule has 1 aliphatic carbocycles. The molecule has 0 N–H and O–H groups in total. The number of ether oxygens (including phenoxy) is 2. The van der Waals surface area contributed by atoms with Crippen molar-refractivity contribution in [3.8, 4) is 0 Å². The lowest BCUT2D eigenvalue weighted by Gasteiger charge is -2.36. The predicted molar refractivity (Wildman–Crippen MR) is 69.4 cm³/mol. The van der Waals surface area contributed by atoms with Gasteiger partial charge < -0.3 is 9.47 Å². The Kier molecular flexibility index (Phi) is 4.50. The van der Waals surface area contributed by atoms with Crippen LogP contribution in [0.3, 0.4) is 0 Å². The van der Waals surface area contributed by atoms with Gasteiger partial charge in [0, 0.05) is 13.0 Å². The summed E-state index contributed by atoms with van der Waals surface area (Å²) in [5, 5.41) is 0. The molecule has 0 bridgehead atoms. The Labute approximate surface area is 108 Å². The van der Waals surface area contributed by atoms with Crippen molar-refractivity contribution < 1.29 is 14.3 Å². The van der Waals surface area contributed by atoms with Crippen molar-refractivity contribution in [3.05, 3.63) is 35.9 Å². The van der Waals surface area contributed by atoms with E-state index >= 15 is 0 Å². The van der Waals surface area contributed by atoms with Gasteiger partial charge in [0.15, 0.2) is 5.78 Å². The molecule has 0 aliphatic heterocycles. The molecule has 0 saturated heterocycles. The Balaban J connectivity index is 1.88. The summed E-state index contributed by atoms with van der Waals surface area (Å²) in [4.78, 5) is 11.5. The third kappa shape index (κ3) is 2.98. The van der Waals surface area contributed by atoms with E-state index in [1.807, 2.05) is 44.2 Å². The molecule has 1 aromatic rings. The molecular weight excluding hydrogens is 228 g/mol. The van der Waals surface area contributed by atoms with Crippen molar-refractivity contribution in [2.24, 2.45) is 0 Å². The first-order chi connectivity index (χ1) is 8.72. The Bertz CT molecular complexity index is 388. The Morgan fingerprint density at radius 3 is 2.67 bits per heavy atom. The number of Topliss-reactive ketones (excluding diaryl/α,β-unsaturated/α-hetero) is 1. The van der Waals surface area contributed by atoms with Crippen molar-refractivity contribution in [1.82, 2.24) is 0 Å². The lowest BCUT2D eigenvalue weighted by Crippen LogP contribution is -2.50. The van der Waals surface area contributed by atoms with E-state index < -0.39 is 0 Å². The second-order valence-electron chi connectivity index (χ2n) is 4.69. The number of ketones is 1. The maximum atomic E-state index is 11.5. The van der Waals surface area contributed by atoms with Gasteiger partial charge in [-0.1, -0.05) is 37.3 Å². The Hall–Kier alpha value is -1.19. The van der Waals surface area contributed by atoms with Crippen LogP contribution in [0.25, 0.3) is 0 Å². The van der Waals surface area contributed by atoms with E-state index in [1.54, 1.807) is 0 Å². The Morgan fingerprint density at radius 1 is 1.33 bits per heavy atom. The molecule has 0 spiro atoms. The first-order valence-electron chi connectivity index (χ1n) is 6.57. The summed E-state index contributed by atoms with van der Waals surface area (Å²) in [5.74, 6) is 0.161. The van der Waals surface area contributed by atoms with Gasteiger partial charge in [0.2, 0.25) is 0 Å². The van der Waals surface area contributed by atoms with Gasteiger partial charge >= 0.3 is 0 Å². The van der Waals surface area contributed by atoms with Gasteiger partial charge in [-0.2, -0.15) is 0 Å². The molecule has 2 rings (SSSR count). The monoisotopic (exact) mass is 248 g/mol. The highest BCUT2D eigenvalue weighted by molar-refractivity contribution is 5.90. The average molecular weight is 248 g/mol. The molecule has 1 aromatic carbocycles. The summed E-state index contributed by atoms with van der Waals surface area (Å²) in [5.41, 5.74) is 1.13. The normalized spacial score (nSPS) is 24.7. The number of hydrogen-bond acceptors (Lipinski definition) is 3. The van der Waals surface area contributed by atoms with Crippen LogP contribution in [-0.4, -0.2) is 24.6 Å². The number of carbonyl (C=O) groups is 1. The Morgan fingerprint density at radius 2 is 2.06 bits per heavy atom. The number of rotatable bonds is 6. The molecule has 1 saturated carbocycles. The molecule has 98 valence electrons. The van der Waals surface area contributed by atoms with Crippen LogP contribution in [0.2, 0.25) is 0 Å². The maximum absolute atomic E-state index is 11.5. The molecule has 3 heteroatoms. The zero-order valence-corrected chi connectivity index (χ0v) is 11.0. The van der Waals surface area contributed by atoms with Crippen LogP contribution < -0.4 is 0 Å². The third-order valence-electron chi connectivity index (χ3n) is 3.21. The summed E-state index contributed by atoms with van der Waals surface area (Å²) in [6.45, 7) is 4.66. The molecule has 1 fully saturated rings. The zero-order valence-electron chi connectivity index (χ0n) is 11.0. The lowest BCUT2D eigenvalue weighted by molar-refractivity contribution is -0.173. The van der Waals surface area contributed by atoms with E-state index in [4.69, 9.17) is 9.47 Å². The summed E-state index contributed by atoms with van der Waals surface area (Å²) in [7, 11) is 0. The minimum Gasteiger partial charge on any atom is -0.368 e. The fourth-order valence-electron chi connectivity index (χ4n) is 2.10. The molecule has 0 heterocycles. The van der Waals surface area contributed by atoms with Gasteiger partial charge in [0.25, 0.3) is 0 Å². The molecule has 0 aromatic heterocycles. The second kappa shape index (κ2) is 6.12. The summed E-state index contributed by atoms with van der Waals surface area (Å²) >= 11 is 0. The topological polar surface area (TPSA) is 35.5 Å². The van der Waals surface area contributed by atoms with Crippen LogP contribution in [-0.2, 0) is 14.3 Å². The van der Waals surface area contributed by atoms with Crippen molar-refractivity contribution in [1.29, 1.82) is 0 Å². The highest BCUT2D eigenvalue weighted by Gasteiger charge is 2.42. The van der Waals surface area contributed by atoms with E-state index in [9.17, 15) is 4.79 Å². The van der Waals surface area contributed by atoms with E-state index in [0.717, 1.165) is 12.0 Å². The van der Waals surface area contributed by atoms with Crippen LogP contribution in [0.1, 0.15) is 38.4 Å². The molecule has 0 amide bonds. The van der Waals surface area contributed by atoms with E-state index in [0.29, 0.717) is 13.0 Å². The molecule has 0 radical (unpaired) electrons. The zero-order chi connectivity index (χ0) is 13.0. The molecule has 3 atom stereocenters. The van der Waals surface area contributed by atoms with Gasteiger partial charge in [-0.15, -0.1) is 0 Å². The predicted octanol–water partition coefficient (Wildman–Crippen LogP) is 2.90. The first-order valence-corrected chi connectivity index (χ1v) is 6.57. The standard InChI is InChI=1S/C15H20O3/c1-3-9-17-15-13(16)10-14(15)18-11(2)12-7-5-4-6-8-12/h4-8,11,14-15H,3,9-10H2,1-2H3. The SMILES string of the molecule is CCCOC1C(=O)CC1OC(C)c1ccccc1. The molecule has 3 unspecified atom stereocenters. The van der Waals surface area contributed by atoms with Gasteiger partial charge in [-0.05, 0) is 18.9 Å². The highest BCUT2D eigenvalue weighted by Crippen LogP contribution is 2.29. The van der Waals surface area contributed by atoms with Gasteiger partial charge in [-0.3, -0.25) is 4.79 Å². The van der Waals surface area contributed by atoms with Crippen molar-refractivity contribution in [2.45, 2.75) is 45.0 Å². The largest absolute Gasteiger partial charge is 0.368 e. The first kappa shape index (κ1) is 13.2. The second-order valence-corrected chi connectivity index (χ2v) is 4.69. The van der Waals surface area contributed by atoms with Gasteiger partial charge in [-0.25, -0.2) is 0 Å². The third-order valence-corrected chi connectivity index (χ3v) is 3.21. The van der Waals surface area contributed by atoms with Crippen molar-refractivity contribution in [3.63, 3.8) is 0 Å². The van der Waals surface area contributed by atoms with Crippen LogP contribution in [0, 0.1) is 0 Å². The molecule has 1 aliphatic rings. The summed E-state index contributed by atoms with van der Waals surface area (Å²) < 4.78 is 11.4. The quantitative estimate of drug-likeness (QED) is 0.776. The summed E-state index contributed by atoms with van der Waals surface area (Å²) in [6, 6.07) is 10.0. The van der Waals surface area contributed by atoms with Gasteiger partial charge in [0.05, 0.1) is 12.2 Å². The minimum absolute atomic E-state index is 0.00275. The van der Waals surface area contributed by atoms with Gasteiger partial charge in [0.1, 0.15) is 6.10 Å². The number of benzene rings is 1. The van der Waals surface area contributed by atoms with Crippen LogP contribution in [0.4, 0.5) is 0 Å². The number of hydrogen-bond donors (Lipinski definition) is 0. The van der Waals surface area contributed by atoms with Crippen molar-refractivity contribution >= 4 is 5.78 Å². The minimum atomic E-state index is -0.351. The van der Waals surface area contributed by atoms with E-state index in [1.165, 1.54) is 0 Å². The fourth-order valence-corrected chi connectivity index (χ4v) is 2.10. The highest BCUT2D eigenvalue weighted by atomic mass is 16.6. The maximum Gasteiger partial charge on any atom is 0.166 e. The summed E-state index contributed by atoms with van der Waals surface area (Å²) in [6.07, 6.45) is 0.962. The van der Waals surface area contributed by atoms with Crippen LogP contribution in [0.15, 0.2) is 30.3 Å². The fraction of sp³-hybridized carbons (Fsp3) is 0.533. The molecular formula is C15H20O3. The lowest BCUT2D eigenvalue weighted by atomic mass is 9.89. The van der Waals surface area contributed by atoms with E-state index in [-0.39, 0.29) is 24.1 Å². The molecule has 3 nitrogen and oxygen atoms in total. The van der Waals surface area contributed by atoms with Crippen LogP contribution in [0.5, 0.6) is 0 Å². The van der Waals surface area contributed by atoms with Crippen LogP contribution >= 0.6 is 0 Å². The van der Waals surface area contributed by atoms with Crippen molar-refractivity contribution in [2.75, 3.05) is 6.61 Å².